The Morgan fingerprint density at radius 1 is 0.354 bits per heavy atom. The topological polar surface area (TPSA) is 62.5 Å². The number of fused-ring (bicyclic) bond motifs is 3. The second-order valence-corrected chi connectivity index (χ2v) is 12.0. The van der Waals surface area contributed by atoms with E-state index in [0.29, 0.717) is 23.0 Å². The first-order valence-corrected chi connectivity index (χ1v) is 15.9. The van der Waals surface area contributed by atoms with Crippen LogP contribution in [0.25, 0.3) is 89.4 Å². The van der Waals surface area contributed by atoms with Gasteiger partial charge in [-0.2, -0.15) is 5.26 Å². The molecule has 0 fully saturated rings. The van der Waals surface area contributed by atoms with Gasteiger partial charge < -0.3 is 0 Å². The fourth-order valence-electron chi connectivity index (χ4n) is 6.82. The van der Waals surface area contributed by atoms with Gasteiger partial charge in [0.25, 0.3) is 0 Å². The normalized spacial score (nSPS) is 11.3. The number of rotatable bonds is 5. The lowest BCUT2D eigenvalue weighted by Crippen LogP contribution is -2.00. The third-order valence-electron chi connectivity index (χ3n) is 9.12. The third-order valence-corrected chi connectivity index (χ3v) is 9.12. The van der Waals surface area contributed by atoms with Gasteiger partial charge >= 0.3 is 0 Å². The summed E-state index contributed by atoms with van der Waals surface area (Å²) < 4.78 is 0. The van der Waals surface area contributed by atoms with Crippen LogP contribution in [0.4, 0.5) is 0 Å². The Bertz CT molecular complexity index is 2530. The quantitative estimate of drug-likeness (QED) is 0.194. The van der Waals surface area contributed by atoms with Crippen LogP contribution in [0, 0.1) is 11.3 Å². The molecule has 222 valence electrons. The largest absolute Gasteiger partial charge is 0.208 e. The molecule has 1 aliphatic carbocycles. The van der Waals surface area contributed by atoms with Gasteiger partial charge in [-0.05, 0) is 73.5 Å². The van der Waals surface area contributed by atoms with Gasteiger partial charge in [-0.3, -0.25) is 0 Å². The highest BCUT2D eigenvalue weighted by molar-refractivity contribution is 6.18. The number of benzene rings is 7. The zero-order valence-corrected chi connectivity index (χ0v) is 25.8. The minimum Gasteiger partial charge on any atom is -0.208 e. The summed E-state index contributed by atoms with van der Waals surface area (Å²) in [6.07, 6.45) is 0. The Labute approximate surface area is 278 Å². The summed E-state index contributed by atoms with van der Waals surface area (Å²) >= 11 is 0. The molecule has 48 heavy (non-hydrogen) atoms. The van der Waals surface area contributed by atoms with E-state index in [4.69, 9.17) is 15.0 Å². The predicted octanol–water partition coefficient (Wildman–Crippen LogP) is 10.9. The van der Waals surface area contributed by atoms with E-state index in [1.807, 2.05) is 72.8 Å². The minimum absolute atomic E-state index is 0.591. The lowest BCUT2D eigenvalue weighted by atomic mass is 9.94. The molecule has 0 aliphatic heterocycles. The molecule has 0 saturated heterocycles. The predicted molar refractivity (Wildman–Crippen MR) is 194 cm³/mol. The first kappa shape index (κ1) is 27.6. The van der Waals surface area contributed by atoms with Crippen LogP contribution in [0.1, 0.15) is 5.56 Å². The van der Waals surface area contributed by atoms with Crippen LogP contribution in [0.2, 0.25) is 0 Å². The summed E-state index contributed by atoms with van der Waals surface area (Å²) in [6, 6.07) is 56.3. The molecule has 0 bridgehead atoms. The molecule has 1 aliphatic rings. The third kappa shape index (κ3) is 4.65. The Kier molecular flexibility index (Phi) is 6.48. The zero-order valence-electron chi connectivity index (χ0n) is 25.8. The number of hydrogen-bond acceptors (Lipinski definition) is 4. The van der Waals surface area contributed by atoms with E-state index >= 15 is 0 Å². The van der Waals surface area contributed by atoms with Crippen molar-refractivity contribution in [2.45, 2.75) is 0 Å². The molecule has 7 aromatic carbocycles. The molecule has 0 unspecified atom stereocenters. The molecule has 8 aromatic rings. The van der Waals surface area contributed by atoms with Crippen LogP contribution >= 0.6 is 0 Å². The maximum atomic E-state index is 9.43. The van der Waals surface area contributed by atoms with Gasteiger partial charge in [0.1, 0.15) is 0 Å². The second-order valence-electron chi connectivity index (χ2n) is 12.0. The van der Waals surface area contributed by atoms with Gasteiger partial charge in [-0.25, -0.2) is 15.0 Å². The first-order chi connectivity index (χ1) is 23.7. The van der Waals surface area contributed by atoms with Crippen LogP contribution < -0.4 is 0 Å². The molecular weight excluding hydrogens is 585 g/mol. The zero-order chi connectivity index (χ0) is 32.0. The van der Waals surface area contributed by atoms with Crippen LogP contribution in [-0.4, -0.2) is 15.0 Å². The maximum absolute atomic E-state index is 9.43. The number of aromatic nitrogens is 3. The molecule has 0 amide bonds. The fraction of sp³-hybridized carbons (Fsp3) is 0. The summed E-state index contributed by atoms with van der Waals surface area (Å²) in [7, 11) is 0. The molecule has 1 heterocycles. The SMILES string of the molecule is N#Cc1cccc(-c2cccc(-c3nc(-c4ccccc4)nc(-c4ccc(-c5ccc6c7c(cccc57)-c5ccccc5-6)cc4)n3)c2)c1. The van der Waals surface area contributed by atoms with Gasteiger partial charge in [0.05, 0.1) is 11.6 Å². The lowest BCUT2D eigenvalue weighted by Gasteiger charge is -2.12. The molecular formula is C44H26N4. The van der Waals surface area contributed by atoms with E-state index in [1.165, 1.54) is 38.6 Å². The summed E-state index contributed by atoms with van der Waals surface area (Å²) in [5, 5.41) is 12.0. The standard InChI is InChI=1S/C44H26N4/c45-27-28-9-6-12-32(25-28)33-13-7-14-34(26-33)44-47-42(30-10-2-1-3-11-30)46-43(48-44)31-21-19-29(20-22-31)35-23-24-40-37-16-5-4-15-36(37)39-18-8-17-38(35)41(39)40/h1-26H. The first-order valence-electron chi connectivity index (χ1n) is 15.9. The average Bonchev–Trinajstić information content (AvgIpc) is 3.50. The van der Waals surface area contributed by atoms with Crippen molar-refractivity contribution in [3.05, 3.63) is 163 Å². The minimum atomic E-state index is 0.591. The monoisotopic (exact) mass is 610 g/mol. The molecule has 4 nitrogen and oxygen atoms in total. The van der Waals surface area contributed by atoms with Crippen molar-refractivity contribution in [2.24, 2.45) is 0 Å². The Balaban J connectivity index is 1.13. The summed E-state index contributed by atoms with van der Waals surface area (Å²) in [4.78, 5) is 14.9. The Morgan fingerprint density at radius 2 is 0.854 bits per heavy atom. The lowest BCUT2D eigenvalue weighted by molar-refractivity contribution is 1.07. The van der Waals surface area contributed by atoms with Gasteiger partial charge in [0.2, 0.25) is 0 Å². The number of nitriles is 1. The highest BCUT2D eigenvalue weighted by Crippen LogP contribution is 2.49. The number of nitrogens with zero attached hydrogens (tertiary/aromatic N) is 4. The van der Waals surface area contributed by atoms with Crippen LogP contribution in [-0.2, 0) is 0 Å². The molecule has 0 atom stereocenters. The van der Waals surface area contributed by atoms with E-state index in [0.717, 1.165) is 33.4 Å². The van der Waals surface area contributed by atoms with E-state index in [1.54, 1.807) is 0 Å². The van der Waals surface area contributed by atoms with Gasteiger partial charge in [0, 0.05) is 16.7 Å². The summed E-state index contributed by atoms with van der Waals surface area (Å²) in [5.74, 6) is 1.81. The smallest absolute Gasteiger partial charge is 0.164 e. The van der Waals surface area contributed by atoms with Gasteiger partial charge in [0.15, 0.2) is 17.5 Å². The molecule has 1 aromatic heterocycles. The summed E-state index contributed by atoms with van der Waals surface area (Å²) in [6.45, 7) is 0. The van der Waals surface area contributed by atoms with Crippen molar-refractivity contribution in [1.82, 2.24) is 15.0 Å². The van der Waals surface area contributed by atoms with Crippen molar-refractivity contribution in [3.8, 4) is 84.7 Å². The molecule has 9 rings (SSSR count). The van der Waals surface area contributed by atoms with Crippen molar-refractivity contribution < 1.29 is 0 Å². The number of hydrogen-bond donors (Lipinski definition) is 0. The van der Waals surface area contributed by atoms with Gasteiger partial charge in [-0.1, -0.05) is 140 Å². The maximum Gasteiger partial charge on any atom is 0.164 e. The fourth-order valence-corrected chi connectivity index (χ4v) is 6.82. The molecule has 0 spiro atoms. The molecule has 4 heteroatoms. The Morgan fingerprint density at radius 3 is 1.58 bits per heavy atom. The summed E-state index contributed by atoms with van der Waals surface area (Å²) in [5.41, 5.74) is 12.8. The second kappa shape index (κ2) is 11.3. The molecule has 0 N–H and O–H groups in total. The Hall–Kier alpha value is -6.70. The highest BCUT2D eigenvalue weighted by atomic mass is 15.0. The van der Waals surface area contributed by atoms with E-state index < -0.39 is 0 Å². The van der Waals surface area contributed by atoms with E-state index in [9.17, 15) is 5.26 Å². The highest BCUT2D eigenvalue weighted by Gasteiger charge is 2.22. The van der Waals surface area contributed by atoms with Crippen LogP contribution in [0.15, 0.2) is 158 Å². The van der Waals surface area contributed by atoms with Crippen LogP contribution in [0.5, 0.6) is 0 Å². The average molecular weight is 611 g/mol. The van der Waals surface area contributed by atoms with Crippen LogP contribution in [0.3, 0.4) is 0 Å². The van der Waals surface area contributed by atoms with E-state index in [-0.39, 0.29) is 0 Å². The molecule has 0 radical (unpaired) electrons. The van der Waals surface area contributed by atoms with Crippen molar-refractivity contribution >= 4 is 10.8 Å². The van der Waals surface area contributed by atoms with Crippen molar-refractivity contribution in [3.63, 3.8) is 0 Å². The van der Waals surface area contributed by atoms with Gasteiger partial charge in [-0.15, -0.1) is 0 Å². The van der Waals surface area contributed by atoms with Crippen molar-refractivity contribution in [2.75, 3.05) is 0 Å². The van der Waals surface area contributed by atoms with Crippen molar-refractivity contribution in [1.29, 1.82) is 5.26 Å². The molecule has 0 saturated carbocycles. The van der Waals surface area contributed by atoms with E-state index in [2.05, 4.69) is 91.0 Å².